The number of thiophene rings is 1. The van der Waals surface area contributed by atoms with Gasteiger partial charge in [-0.25, -0.2) is 9.97 Å². The SMILES string of the molecule is COC1CCN(Cc2ccc3c(c2)nc(NC(=O)c2ccc(-c4cnc(C)o4)s2)n3CC(C)(C)O)CC1. The number of hydrogen-bond acceptors (Lipinski definition) is 8. The third-order valence-corrected chi connectivity index (χ3v) is 7.65. The number of likely N-dealkylation sites (tertiary alicyclic amines) is 1. The Labute approximate surface area is 220 Å². The van der Waals surface area contributed by atoms with E-state index in [1.807, 2.05) is 16.7 Å². The lowest BCUT2D eigenvalue weighted by atomic mass is 10.1. The molecule has 4 aromatic rings. The van der Waals surface area contributed by atoms with Crippen molar-refractivity contribution < 1.29 is 19.1 Å². The van der Waals surface area contributed by atoms with E-state index in [4.69, 9.17) is 14.1 Å². The van der Waals surface area contributed by atoms with Crippen LogP contribution in [0.1, 0.15) is 47.8 Å². The largest absolute Gasteiger partial charge is 0.440 e. The Morgan fingerprint density at radius 1 is 1.27 bits per heavy atom. The van der Waals surface area contributed by atoms with Crippen LogP contribution in [0, 0.1) is 6.92 Å². The van der Waals surface area contributed by atoms with Crippen molar-refractivity contribution in [1.29, 1.82) is 0 Å². The predicted octanol–water partition coefficient (Wildman–Crippen LogP) is 4.70. The van der Waals surface area contributed by atoms with Gasteiger partial charge in [-0.2, -0.15) is 0 Å². The molecule has 1 aliphatic heterocycles. The van der Waals surface area contributed by atoms with E-state index in [1.165, 1.54) is 16.9 Å². The molecule has 196 valence electrons. The molecule has 37 heavy (non-hydrogen) atoms. The van der Waals surface area contributed by atoms with E-state index in [2.05, 4.69) is 27.3 Å². The van der Waals surface area contributed by atoms with Crippen molar-refractivity contribution in [3.63, 3.8) is 0 Å². The highest BCUT2D eigenvalue weighted by molar-refractivity contribution is 7.17. The van der Waals surface area contributed by atoms with Crippen LogP contribution in [-0.4, -0.2) is 62.4 Å². The Morgan fingerprint density at radius 2 is 2.05 bits per heavy atom. The molecular formula is C27H33N5O4S. The van der Waals surface area contributed by atoms with Crippen LogP contribution in [0.25, 0.3) is 21.7 Å². The van der Waals surface area contributed by atoms with Gasteiger partial charge in [0, 0.05) is 33.7 Å². The van der Waals surface area contributed by atoms with Gasteiger partial charge in [0.25, 0.3) is 5.91 Å². The molecule has 0 aliphatic carbocycles. The molecule has 1 amide bonds. The number of oxazole rings is 1. The van der Waals surface area contributed by atoms with E-state index in [0.29, 0.717) is 28.6 Å². The second kappa shape index (κ2) is 10.4. The Balaban J connectivity index is 1.38. The van der Waals surface area contributed by atoms with Crippen molar-refractivity contribution in [3.8, 4) is 10.6 Å². The van der Waals surface area contributed by atoms with Gasteiger partial charge in [-0.05, 0) is 56.5 Å². The summed E-state index contributed by atoms with van der Waals surface area (Å²) in [4.78, 5) is 25.8. The van der Waals surface area contributed by atoms with Crippen LogP contribution in [0.4, 0.5) is 5.95 Å². The lowest BCUT2D eigenvalue weighted by Gasteiger charge is -2.31. The van der Waals surface area contributed by atoms with Gasteiger partial charge in [0.05, 0.1) is 45.2 Å². The van der Waals surface area contributed by atoms with Crippen LogP contribution < -0.4 is 5.32 Å². The first-order valence-electron chi connectivity index (χ1n) is 12.5. The smallest absolute Gasteiger partial charge is 0.268 e. The highest BCUT2D eigenvalue weighted by atomic mass is 32.1. The van der Waals surface area contributed by atoms with Gasteiger partial charge in [-0.3, -0.25) is 15.0 Å². The summed E-state index contributed by atoms with van der Waals surface area (Å²) in [5.74, 6) is 1.36. The van der Waals surface area contributed by atoms with Crippen LogP contribution in [-0.2, 0) is 17.8 Å². The fourth-order valence-electron chi connectivity index (χ4n) is 4.71. The van der Waals surface area contributed by atoms with Crippen molar-refractivity contribution in [2.75, 3.05) is 25.5 Å². The average Bonchev–Trinajstić information content (AvgIpc) is 3.58. The predicted molar refractivity (Wildman–Crippen MR) is 144 cm³/mol. The number of nitrogens with one attached hydrogen (secondary N) is 1. The minimum absolute atomic E-state index is 0.263. The Morgan fingerprint density at radius 3 is 2.73 bits per heavy atom. The third-order valence-electron chi connectivity index (χ3n) is 6.55. The summed E-state index contributed by atoms with van der Waals surface area (Å²) < 4.78 is 12.9. The second-order valence-corrected chi connectivity index (χ2v) is 11.3. The lowest BCUT2D eigenvalue weighted by Crippen LogP contribution is -2.36. The van der Waals surface area contributed by atoms with Gasteiger partial charge in [-0.15, -0.1) is 11.3 Å². The Hall–Kier alpha value is -3.05. The van der Waals surface area contributed by atoms with Crippen molar-refractivity contribution >= 4 is 34.2 Å². The zero-order chi connectivity index (χ0) is 26.2. The maximum atomic E-state index is 13.2. The number of piperidine rings is 1. The van der Waals surface area contributed by atoms with E-state index >= 15 is 0 Å². The average molecular weight is 524 g/mol. The number of carbonyl (C=O) groups is 1. The number of carbonyl (C=O) groups excluding carboxylic acids is 1. The minimum atomic E-state index is -0.988. The molecule has 0 saturated carbocycles. The highest BCUT2D eigenvalue weighted by Crippen LogP contribution is 2.30. The maximum Gasteiger partial charge on any atom is 0.268 e. The molecular weight excluding hydrogens is 490 g/mol. The van der Waals surface area contributed by atoms with Crippen molar-refractivity contribution in [3.05, 3.63) is 52.9 Å². The molecule has 1 aromatic carbocycles. The van der Waals surface area contributed by atoms with E-state index in [0.717, 1.165) is 48.4 Å². The zero-order valence-corrected chi connectivity index (χ0v) is 22.5. The van der Waals surface area contributed by atoms with Crippen LogP contribution >= 0.6 is 11.3 Å². The number of anilines is 1. The molecule has 3 aromatic heterocycles. The first-order chi connectivity index (χ1) is 17.7. The summed E-state index contributed by atoms with van der Waals surface area (Å²) in [5.41, 5.74) is 1.83. The first kappa shape index (κ1) is 25.6. The number of nitrogens with zero attached hydrogens (tertiary/aromatic N) is 4. The van der Waals surface area contributed by atoms with E-state index < -0.39 is 5.60 Å². The quantitative estimate of drug-likeness (QED) is 0.345. The molecule has 1 saturated heterocycles. The molecule has 5 rings (SSSR count). The molecule has 0 unspecified atom stereocenters. The summed E-state index contributed by atoms with van der Waals surface area (Å²) in [6.07, 6.45) is 4.08. The summed E-state index contributed by atoms with van der Waals surface area (Å²) in [7, 11) is 1.78. The number of aliphatic hydroxyl groups is 1. The Kier molecular flexibility index (Phi) is 7.17. The molecule has 0 radical (unpaired) electrons. The number of aryl methyl sites for hydroxylation is 1. The van der Waals surface area contributed by atoms with Crippen molar-refractivity contribution in [2.45, 2.75) is 58.4 Å². The van der Waals surface area contributed by atoms with Gasteiger partial charge in [-0.1, -0.05) is 6.07 Å². The molecule has 0 atom stereocenters. The molecule has 1 fully saturated rings. The Bertz CT molecular complexity index is 1390. The summed E-state index contributed by atoms with van der Waals surface area (Å²) in [5, 5.41) is 13.5. The van der Waals surface area contributed by atoms with E-state index in [1.54, 1.807) is 40.1 Å². The molecule has 10 heteroatoms. The summed E-state index contributed by atoms with van der Waals surface area (Å²) in [6, 6.07) is 9.81. The number of amides is 1. The lowest BCUT2D eigenvalue weighted by molar-refractivity contribution is 0.0389. The van der Waals surface area contributed by atoms with Crippen molar-refractivity contribution in [1.82, 2.24) is 19.4 Å². The summed E-state index contributed by atoms with van der Waals surface area (Å²) >= 11 is 1.33. The number of ether oxygens (including phenoxy) is 1. The van der Waals surface area contributed by atoms with Crippen LogP contribution in [0.15, 0.2) is 40.9 Å². The van der Waals surface area contributed by atoms with Gasteiger partial charge < -0.3 is 18.8 Å². The normalized spacial score (nSPS) is 15.5. The number of rotatable bonds is 8. The van der Waals surface area contributed by atoms with Gasteiger partial charge in [0.2, 0.25) is 5.95 Å². The molecule has 4 heterocycles. The molecule has 9 nitrogen and oxygen atoms in total. The molecule has 0 bridgehead atoms. The number of methoxy groups -OCH3 is 1. The van der Waals surface area contributed by atoms with E-state index in [9.17, 15) is 9.90 Å². The fraction of sp³-hybridized carbons (Fsp3) is 0.444. The molecule has 2 N–H and O–H groups in total. The molecule has 1 aliphatic rings. The maximum absolute atomic E-state index is 13.2. The minimum Gasteiger partial charge on any atom is -0.440 e. The van der Waals surface area contributed by atoms with Gasteiger partial charge >= 0.3 is 0 Å². The van der Waals surface area contributed by atoms with Crippen LogP contribution in [0.2, 0.25) is 0 Å². The third kappa shape index (κ3) is 5.93. The second-order valence-electron chi connectivity index (χ2n) is 10.2. The van der Waals surface area contributed by atoms with Gasteiger partial charge in [0.15, 0.2) is 11.7 Å². The first-order valence-corrected chi connectivity index (χ1v) is 13.3. The summed E-state index contributed by atoms with van der Waals surface area (Å²) in [6.45, 7) is 8.40. The highest BCUT2D eigenvalue weighted by Gasteiger charge is 2.23. The zero-order valence-electron chi connectivity index (χ0n) is 21.7. The van der Waals surface area contributed by atoms with Crippen LogP contribution in [0.3, 0.4) is 0 Å². The number of fused-ring (bicyclic) bond motifs is 1. The van der Waals surface area contributed by atoms with Crippen LogP contribution in [0.5, 0.6) is 0 Å². The monoisotopic (exact) mass is 523 g/mol. The fourth-order valence-corrected chi connectivity index (χ4v) is 5.56. The number of imidazole rings is 1. The number of benzene rings is 1. The van der Waals surface area contributed by atoms with E-state index in [-0.39, 0.29) is 12.5 Å². The standard InChI is InChI=1S/C27H33N5O4S/c1-17-28-14-22(36-17)23-7-8-24(37-23)25(33)30-26-29-20-13-18(15-31-11-9-19(35-4)10-12-31)5-6-21(20)32(26)16-27(2,3)34/h5-8,13-14,19,34H,9-12,15-16H2,1-4H3,(H,29,30,33). The number of hydrogen-bond donors (Lipinski definition) is 2. The molecule has 0 spiro atoms. The van der Waals surface area contributed by atoms with Gasteiger partial charge in [0.1, 0.15) is 0 Å². The van der Waals surface area contributed by atoms with Crippen molar-refractivity contribution in [2.24, 2.45) is 0 Å². The topological polar surface area (TPSA) is 106 Å². The number of aromatic nitrogens is 3.